The third kappa shape index (κ3) is 3.83. The van der Waals surface area contributed by atoms with Crippen LogP contribution in [-0.2, 0) is 4.79 Å². The molecule has 0 fully saturated rings. The Bertz CT molecular complexity index is 978. The van der Waals surface area contributed by atoms with Gasteiger partial charge in [0.25, 0.3) is 5.56 Å². The Labute approximate surface area is 156 Å². The molecule has 0 saturated heterocycles. The van der Waals surface area contributed by atoms with E-state index in [0.29, 0.717) is 16.2 Å². The number of rotatable bonds is 6. The van der Waals surface area contributed by atoms with Gasteiger partial charge in [-0.1, -0.05) is 36.9 Å². The fourth-order valence-corrected chi connectivity index (χ4v) is 3.45. The number of nitrogens with one attached hydrogen (secondary N) is 2. The molecular formula is C19H22N4O2S. The van der Waals surface area contributed by atoms with Crippen molar-refractivity contribution in [1.29, 1.82) is 0 Å². The molecule has 0 aliphatic rings. The van der Waals surface area contributed by atoms with Gasteiger partial charge in [-0.15, -0.1) is 0 Å². The Balaban J connectivity index is 2.00. The highest BCUT2D eigenvalue weighted by Gasteiger charge is 2.16. The molecule has 3 aromatic rings. The molecular weight excluding hydrogens is 348 g/mol. The molecule has 1 unspecified atom stereocenters. The van der Waals surface area contributed by atoms with Crippen LogP contribution in [0.15, 0.2) is 46.3 Å². The number of amides is 1. The predicted molar refractivity (Wildman–Crippen MR) is 105 cm³/mol. The van der Waals surface area contributed by atoms with Crippen LogP contribution in [0, 0.1) is 6.92 Å². The van der Waals surface area contributed by atoms with E-state index in [0.717, 1.165) is 17.8 Å². The minimum Gasteiger partial charge on any atom is -0.353 e. The summed E-state index contributed by atoms with van der Waals surface area (Å²) in [4.78, 5) is 32.8. The Kier molecular flexibility index (Phi) is 5.46. The van der Waals surface area contributed by atoms with Gasteiger partial charge in [0.1, 0.15) is 5.52 Å². The van der Waals surface area contributed by atoms with E-state index in [4.69, 9.17) is 0 Å². The van der Waals surface area contributed by atoms with Crippen LogP contribution in [-0.4, -0.2) is 32.2 Å². The number of thioether (sulfide) groups is 1. The first-order valence-corrected chi connectivity index (χ1v) is 9.58. The van der Waals surface area contributed by atoms with E-state index in [9.17, 15) is 9.59 Å². The number of benzene rings is 1. The predicted octanol–water partition coefficient (Wildman–Crippen LogP) is 3.03. The zero-order valence-electron chi connectivity index (χ0n) is 15.1. The second-order valence-corrected chi connectivity index (χ2v) is 7.19. The summed E-state index contributed by atoms with van der Waals surface area (Å²) in [6.07, 6.45) is 0.873. The summed E-state index contributed by atoms with van der Waals surface area (Å²) in [5.41, 5.74) is 2.52. The standard InChI is InChI=1S/C19H22N4O2S/c1-4-12(2)20-16(24)11-26-19-22-15-10-13(3)21-17(15)18(25)23(19)14-8-6-5-7-9-14/h5-10,12,21H,4,11H2,1-3H3,(H,20,24). The lowest BCUT2D eigenvalue weighted by Crippen LogP contribution is -2.33. The van der Waals surface area contributed by atoms with Crippen molar-refractivity contribution in [2.75, 3.05) is 5.75 Å². The van der Waals surface area contributed by atoms with Crippen molar-refractivity contribution < 1.29 is 4.79 Å². The normalized spacial score (nSPS) is 12.3. The number of hydrogen-bond acceptors (Lipinski definition) is 4. The van der Waals surface area contributed by atoms with Crippen LogP contribution in [0.5, 0.6) is 0 Å². The molecule has 0 aliphatic carbocycles. The smallest absolute Gasteiger partial charge is 0.283 e. The fourth-order valence-electron chi connectivity index (χ4n) is 2.63. The van der Waals surface area contributed by atoms with Gasteiger partial charge < -0.3 is 10.3 Å². The topological polar surface area (TPSA) is 79.8 Å². The summed E-state index contributed by atoms with van der Waals surface area (Å²) in [7, 11) is 0. The van der Waals surface area contributed by atoms with Gasteiger partial charge in [-0.3, -0.25) is 14.2 Å². The summed E-state index contributed by atoms with van der Waals surface area (Å²) in [6.45, 7) is 5.88. The van der Waals surface area contributed by atoms with Crippen LogP contribution in [0.2, 0.25) is 0 Å². The number of carbonyl (C=O) groups is 1. The van der Waals surface area contributed by atoms with Gasteiger partial charge >= 0.3 is 0 Å². The lowest BCUT2D eigenvalue weighted by atomic mass is 10.3. The largest absolute Gasteiger partial charge is 0.353 e. The highest BCUT2D eigenvalue weighted by molar-refractivity contribution is 7.99. The van der Waals surface area contributed by atoms with Crippen molar-refractivity contribution in [1.82, 2.24) is 19.9 Å². The molecule has 26 heavy (non-hydrogen) atoms. The average Bonchev–Trinajstić information content (AvgIpc) is 3.01. The molecule has 0 radical (unpaired) electrons. The highest BCUT2D eigenvalue weighted by Crippen LogP contribution is 2.21. The van der Waals surface area contributed by atoms with Crippen molar-refractivity contribution in [3.05, 3.63) is 52.4 Å². The molecule has 0 bridgehead atoms. The monoisotopic (exact) mass is 370 g/mol. The number of aromatic amines is 1. The summed E-state index contributed by atoms with van der Waals surface area (Å²) < 4.78 is 1.56. The van der Waals surface area contributed by atoms with E-state index >= 15 is 0 Å². The van der Waals surface area contributed by atoms with Crippen LogP contribution in [0.4, 0.5) is 0 Å². The Hall–Kier alpha value is -2.54. The van der Waals surface area contributed by atoms with Crippen LogP contribution < -0.4 is 10.9 Å². The second-order valence-electron chi connectivity index (χ2n) is 6.25. The zero-order chi connectivity index (χ0) is 18.7. The molecule has 2 N–H and O–H groups in total. The van der Waals surface area contributed by atoms with Gasteiger partial charge in [-0.05, 0) is 38.5 Å². The van der Waals surface area contributed by atoms with Gasteiger partial charge in [0.15, 0.2) is 5.16 Å². The molecule has 2 aromatic heterocycles. The number of aryl methyl sites for hydroxylation is 1. The first-order valence-electron chi connectivity index (χ1n) is 8.59. The maximum Gasteiger partial charge on any atom is 0.283 e. The van der Waals surface area contributed by atoms with Crippen molar-refractivity contribution >= 4 is 28.7 Å². The Morgan fingerprint density at radius 2 is 2.08 bits per heavy atom. The second kappa shape index (κ2) is 7.78. The number of H-pyrrole nitrogens is 1. The summed E-state index contributed by atoms with van der Waals surface area (Å²) >= 11 is 1.27. The van der Waals surface area contributed by atoms with Crippen LogP contribution in [0.3, 0.4) is 0 Å². The number of fused-ring (bicyclic) bond motifs is 1. The number of hydrogen-bond donors (Lipinski definition) is 2. The van der Waals surface area contributed by atoms with Crippen molar-refractivity contribution in [2.45, 2.75) is 38.4 Å². The van der Waals surface area contributed by atoms with E-state index in [1.165, 1.54) is 11.8 Å². The molecule has 0 spiro atoms. The van der Waals surface area contributed by atoms with Crippen molar-refractivity contribution in [3.63, 3.8) is 0 Å². The summed E-state index contributed by atoms with van der Waals surface area (Å²) in [6, 6.07) is 11.3. The van der Waals surface area contributed by atoms with Crippen molar-refractivity contribution in [3.8, 4) is 5.69 Å². The lowest BCUT2D eigenvalue weighted by Gasteiger charge is -2.13. The van der Waals surface area contributed by atoms with Gasteiger partial charge in [-0.25, -0.2) is 4.98 Å². The minimum absolute atomic E-state index is 0.0662. The van der Waals surface area contributed by atoms with E-state index in [1.54, 1.807) is 4.57 Å². The number of para-hydroxylation sites is 1. The van der Waals surface area contributed by atoms with Gasteiger partial charge in [0, 0.05) is 11.7 Å². The number of aromatic nitrogens is 3. The summed E-state index contributed by atoms with van der Waals surface area (Å²) in [5.74, 6) is 0.141. The molecule has 1 atom stereocenters. The molecule has 2 heterocycles. The van der Waals surface area contributed by atoms with Gasteiger partial charge in [-0.2, -0.15) is 0 Å². The first-order chi connectivity index (χ1) is 12.5. The summed E-state index contributed by atoms with van der Waals surface area (Å²) in [5, 5.41) is 3.44. The van der Waals surface area contributed by atoms with Crippen molar-refractivity contribution in [2.24, 2.45) is 0 Å². The quantitative estimate of drug-likeness (QED) is 0.516. The molecule has 0 aliphatic heterocycles. The molecule has 1 aromatic carbocycles. The minimum atomic E-state index is -0.167. The number of carbonyl (C=O) groups excluding carboxylic acids is 1. The SMILES string of the molecule is CCC(C)NC(=O)CSc1nc2cc(C)[nH]c2c(=O)n1-c1ccccc1. The maximum absolute atomic E-state index is 13.0. The number of nitrogens with zero attached hydrogens (tertiary/aromatic N) is 2. The average molecular weight is 370 g/mol. The Morgan fingerprint density at radius 1 is 1.35 bits per heavy atom. The van der Waals surface area contributed by atoms with Crippen LogP contribution in [0.25, 0.3) is 16.7 Å². The van der Waals surface area contributed by atoms with Gasteiger partial charge in [0.2, 0.25) is 5.91 Å². The first kappa shape index (κ1) is 18.3. The van der Waals surface area contributed by atoms with E-state index in [1.807, 2.05) is 57.2 Å². The third-order valence-electron chi connectivity index (χ3n) is 4.12. The molecule has 7 heteroatoms. The zero-order valence-corrected chi connectivity index (χ0v) is 15.9. The van der Waals surface area contributed by atoms with E-state index in [-0.39, 0.29) is 23.3 Å². The molecule has 3 rings (SSSR count). The van der Waals surface area contributed by atoms with Crippen LogP contribution in [0.1, 0.15) is 26.0 Å². The van der Waals surface area contributed by atoms with Gasteiger partial charge in [0.05, 0.1) is 17.0 Å². The molecule has 1 amide bonds. The third-order valence-corrected chi connectivity index (χ3v) is 5.06. The maximum atomic E-state index is 13.0. The van der Waals surface area contributed by atoms with E-state index < -0.39 is 0 Å². The molecule has 6 nitrogen and oxygen atoms in total. The Morgan fingerprint density at radius 3 is 2.77 bits per heavy atom. The lowest BCUT2D eigenvalue weighted by molar-refractivity contribution is -0.119. The van der Waals surface area contributed by atoms with Crippen LogP contribution >= 0.6 is 11.8 Å². The van der Waals surface area contributed by atoms with E-state index in [2.05, 4.69) is 15.3 Å². The molecule has 136 valence electrons. The fraction of sp³-hybridized carbons (Fsp3) is 0.316. The highest BCUT2D eigenvalue weighted by atomic mass is 32.2. The molecule has 0 saturated carbocycles.